The molecular formula is C15H14BrNO4. The summed E-state index contributed by atoms with van der Waals surface area (Å²) in [7, 11) is 1.62. The number of phenols is 1. The third kappa shape index (κ3) is 2.85. The zero-order chi connectivity index (χ0) is 14.8. The van der Waals surface area contributed by atoms with Gasteiger partial charge in [0.05, 0.1) is 12.8 Å². The first-order chi connectivity index (χ1) is 10.2. The highest BCUT2D eigenvalue weighted by atomic mass is 79.9. The SMILES string of the molecule is COc1ccc(Br)c(NCc2cc3c(cc2O)OCO3)c1. The maximum Gasteiger partial charge on any atom is 0.231 e. The molecule has 2 N–H and O–H groups in total. The van der Waals surface area contributed by atoms with E-state index in [1.807, 2.05) is 18.2 Å². The fourth-order valence-electron chi connectivity index (χ4n) is 2.07. The summed E-state index contributed by atoms with van der Waals surface area (Å²) in [5.74, 6) is 2.15. The number of nitrogens with one attached hydrogen (secondary N) is 1. The average Bonchev–Trinajstić information content (AvgIpc) is 2.93. The lowest BCUT2D eigenvalue weighted by Crippen LogP contribution is -2.01. The molecule has 6 heteroatoms. The first kappa shape index (κ1) is 13.9. The second-order valence-corrected chi connectivity index (χ2v) is 5.39. The van der Waals surface area contributed by atoms with Crippen molar-refractivity contribution in [2.24, 2.45) is 0 Å². The first-order valence-electron chi connectivity index (χ1n) is 6.36. The molecule has 1 aliphatic heterocycles. The number of aromatic hydroxyl groups is 1. The predicted molar refractivity (Wildman–Crippen MR) is 82.3 cm³/mol. The fourth-order valence-corrected chi connectivity index (χ4v) is 2.46. The van der Waals surface area contributed by atoms with Gasteiger partial charge in [-0.25, -0.2) is 0 Å². The van der Waals surface area contributed by atoms with Crippen molar-refractivity contribution in [2.45, 2.75) is 6.54 Å². The quantitative estimate of drug-likeness (QED) is 0.882. The molecule has 0 amide bonds. The molecule has 1 aliphatic rings. The van der Waals surface area contributed by atoms with Crippen LogP contribution in [0.15, 0.2) is 34.8 Å². The number of fused-ring (bicyclic) bond motifs is 1. The summed E-state index contributed by atoms with van der Waals surface area (Å²) in [5.41, 5.74) is 1.61. The van der Waals surface area contributed by atoms with Crippen molar-refractivity contribution in [1.29, 1.82) is 0 Å². The Morgan fingerprint density at radius 2 is 2.00 bits per heavy atom. The van der Waals surface area contributed by atoms with Crippen molar-refractivity contribution in [3.8, 4) is 23.0 Å². The Balaban J connectivity index is 1.79. The van der Waals surface area contributed by atoms with Gasteiger partial charge in [-0.1, -0.05) is 0 Å². The maximum atomic E-state index is 10.0. The third-order valence-corrected chi connectivity index (χ3v) is 3.91. The molecule has 21 heavy (non-hydrogen) atoms. The normalized spacial score (nSPS) is 12.3. The number of halogens is 1. The Morgan fingerprint density at radius 1 is 1.24 bits per heavy atom. The standard InChI is InChI=1S/C15H14BrNO4/c1-19-10-2-3-11(16)12(5-10)17-7-9-4-14-15(6-13(9)18)21-8-20-14/h2-6,17-18H,7-8H2,1H3. The van der Waals surface area contributed by atoms with Crippen LogP contribution in [0, 0.1) is 0 Å². The van der Waals surface area contributed by atoms with Crippen LogP contribution in [-0.2, 0) is 6.54 Å². The summed E-state index contributed by atoms with van der Waals surface area (Å²) in [6.07, 6.45) is 0. The van der Waals surface area contributed by atoms with E-state index in [9.17, 15) is 5.11 Å². The topological polar surface area (TPSA) is 60.0 Å². The minimum atomic E-state index is 0.172. The van der Waals surface area contributed by atoms with Gasteiger partial charge in [0.15, 0.2) is 11.5 Å². The average molecular weight is 352 g/mol. The smallest absolute Gasteiger partial charge is 0.231 e. The molecule has 5 nitrogen and oxygen atoms in total. The van der Waals surface area contributed by atoms with Crippen LogP contribution in [0.1, 0.15) is 5.56 Å². The van der Waals surface area contributed by atoms with Crippen LogP contribution >= 0.6 is 15.9 Å². The number of hydrogen-bond acceptors (Lipinski definition) is 5. The Morgan fingerprint density at radius 3 is 2.76 bits per heavy atom. The van der Waals surface area contributed by atoms with Crippen LogP contribution in [-0.4, -0.2) is 19.0 Å². The molecule has 110 valence electrons. The van der Waals surface area contributed by atoms with Crippen molar-refractivity contribution in [2.75, 3.05) is 19.2 Å². The third-order valence-electron chi connectivity index (χ3n) is 3.22. The van der Waals surface area contributed by atoms with Crippen LogP contribution in [0.2, 0.25) is 0 Å². The summed E-state index contributed by atoms with van der Waals surface area (Å²) in [5, 5.41) is 13.3. The number of hydrogen-bond donors (Lipinski definition) is 2. The molecule has 3 rings (SSSR count). The number of methoxy groups -OCH3 is 1. The molecule has 0 radical (unpaired) electrons. The predicted octanol–water partition coefficient (Wildman–Crippen LogP) is 3.50. The van der Waals surface area contributed by atoms with Crippen molar-refractivity contribution in [1.82, 2.24) is 0 Å². The van der Waals surface area contributed by atoms with Crippen molar-refractivity contribution < 1.29 is 19.3 Å². The van der Waals surface area contributed by atoms with E-state index < -0.39 is 0 Å². The summed E-state index contributed by atoms with van der Waals surface area (Å²) in [6.45, 7) is 0.640. The van der Waals surface area contributed by atoms with Crippen molar-refractivity contribution in [3.05, 3.63) is 40.4 Å². The van der Waals surface area contributed by atoms with Gasteiger partial charge in [-0.15, -0.1) is 0 Å². The number of rotatable bonds is 4. The zero-order valence-corrected chi connectivity index (χ0v) is 12.9. The van der Waals surface area contributed by atoms with E-state index in [0.717, 1.165) is 21.5 Å². The van der Waals surface area contributed by atoms with Crippen molar-refractivity contribution in [3.63, 3.8) is 0 Å². The molecule has 2 aromatic carbocycles. The first-order valence-corrected chi connectivity index (χ1v) is 7.15. The van der Waals surface area contributed by atoms with Gasteiger partial charge in [0.1, 0.15) is 11.5 Å². The van der Waals surface area contributed by atoms with Crippen LogP contribution < -0.4 is 19.5 Å². The second-order valence-electron chi connectivity index (χ2n) is 4.53. The summed E-state index contributed by atoms with van der Waals surface area (Å²) < 4.78 is 16.7. The molecule has 0 saturated heterocycles. The monoisotopic (exact) mass is 351 g/mol. The van der Waals surface area contributed by atoms with E-state index in [2.05, 4.69) is 21.2 Å². The van der Waals surface area contributed by atoms with Crippen LogP contribution in [0.25, 0.3) is 0 Å². The Labute approximate surface area is 130 Å². The summed E-state index contributed by atoms with van der Waals surface area (Å²) in [6, 6.07) is 9.00. The Kier molecular flexibility index (Phi) is 3.79. The summed E-state index contributed by atoms with van der Waals surface area (Å²) in [4.78, 5) is 0. The molecule has 0 bridgehead atoms. The van der Waals surface area contributed by atoms with Gasteiger partial charge in [-0.3, -0.25) is 0 Å². The van der Waals surface area contributed by atoms with E-state index in [1.54, 1.807) is 19.2 Å². The van der Waals surface area contributed by atoms with Crippen LogP contribution in [0.4, 0.5) is 5.69 Å². The Hall–Kier alpha value is -2.08. The van der Waals surface area contributed by atoms with Gasteiger partial charge in [0.2, 0.25) is 6.79 Å². The lowest BCUT2D eigenvalue weighted by atomic mass is 10.1. The second kappa shape index (κ2) is 5.73. The molecule has 0 unspecified atom stereocenters. The van der Waals surface area contributed by atoms with Gasteiger partial charge >= 0.3 is 0 Å². The highest BCUT2D eigenvalue weighted by Gasteiger charge is 2.17. The molecular weight excluding hydrogens is 338 g/mol. The fraction of sp³-hybridized carbons (Fsp3) is 0.200. The highest BCUT2D eigenvalue weighted by molar-refractivity contribution is 9.10. The van der Waals surface area contributed by atoms with E-state index in [-0.39, 0.29) is 12.5 Å². The molecule has 0 aliphatic carbocycles. The zero-order valence-electron chi connectivity index (χ0n) is 11.4. The molecule has 0 saturated carbocycles. The number of ether oxygens (including phenoxy) is 3. The molecule has 0 aromatic heterocycles. The summed E-state index contributed by atoms with van der Waals surface area (Å²) >= 11 is 3.48. The molecule has 1 heterocycles. The van der Waals surface area contributed by atoms with E-state index >= 15 is 0 Å². The number of anilines is 1. The van der Waals surface area contributed by atoms with Gasteiger partial charge < -0.3 is 24.6 Å². The van der Waals surface area contributed by atoms with E-state index in [1.165, 1.54) is 0 Å². The molecule has 0 atom stereocenters. The van der Waals surface area contributed by atoms with E-state index in [4.69, 9.17) is 14.2 Å². The Bertz CT molecular complexity index is 675. The number of phenolic OH excluding ortho intramolecular Hbond substituents is 1. The van der Waals surface area contributed by atoms with Crippen LogP contribution in [0.3, 0.4) is 0 Å². The largest absolute Gasteiger partial charge is 0.507 e. The maximum absolute atomic E-state index is 10.0. The van der Waals surface area contributed by atoms with Gasteiger partial charge in [-0.05, 0) is 34.1 Å². The van der Waals surface area contributed by atoms with Crippen LogP contribution in [0.5, 0.6) is 23.0 Å². The molecule has 0 fully saturated rings. The lowest BCUT2D eigenvalue weighted by molar-refractivity contribution is 0.174. The molecule has 2 aromatic rings. The van der Waals surface area contributed by atoms with E-state index in [0.29, 0.717) is 18.0 Å². The lowest BCUT2D eigenvalue weighted by Gasteiger charge is -2.12. The number of benzene rings is 2. The highest BCUT2D eigenvalue weighted by Crippen LogP contribution is 2.38. The van der Waals surface area contributed by atoms with Gasteiger partial charge in [0, 0.05) is 28.7 Å². The minimum absolute atomic E-state index is 0.172. The minimum Gasteiger partial charge on any atom is -0.507 e. The van der Waals surface area contributed by atoms with Gasteiger partial charge in [-0.2, -0.15) is 0 Å². The van der Waals surface area contributed by atoms with Gasteiger partial charge in [0.25, 0.3) is 0 Å². The molecule has 0 spiro atoms. The van der Waals surface area contributed by atoms with Crippen molar-refractivity contribution >= 4 is 21.6 Å².